The van der Waals surface area contributed by atoms with E-state index in [-0.39, 0.29) is 11.9 Å². The lowest BCUT2D eigenvalue weighted by molar-refractivity contribution is -0.114. The molecule has 0 saturated carbocycles. The summed E-state index contributed by atoms with van der Waals surface area (Å²) < 4.78 is 6.96. The standard InChI is InChI=1S/C24H32N6O3/c1-17-3-4-19(22(11-17)29-13-20-15-33-16-21(20)14-29)12-27-7-9-28(10-8-27)24(32)30-6-5-23(26-30)25-18(2)31/h3-6,11,20-21H,7-10,12-16H2,1-2H3,(H,25,26,31). The highest BCUT2D eigenvalue weighted by Crippen LogP contribution is 2.35. The second-order valence-electron chi connectivity index (χ2n) is 9.47. The van der Waals surface area contributed by atoms with Crippen LogP contribution in [-0.4, -0.2) is 84.0 Å². The van der Waals surface area contributed by atoms with Crippen LogP contribution in [0.2, 0.25) is 0 Å². The van der Waals surface area contributed by atoms with Gasteiger partial charge in [-0.2, -0.15) is 4.68 Å². The van der Waals surface area contributed by atoms with Gasteiger partial charge in [0.15, 0.2) is 5.82 Å². The van der Waals surface area contributed by atoms with Crippen molar-refractivity contribution in [2.75, 3.05) is 62.7 Å². The normalized spacial score (nSPS) is 23.1. The Morgan fingerprint density at radius 2 is 1.82 bits per heavy atom. The fraction of sp³-hybridized carbons (Fsp3) is 0.542. The molecule has 1 aromatic heterocycles. The van der Waals surface area contributed by atoms with Crippen molar-refractivity contribution in [1.82, 2.24) is 19.6 Å². The number of benzene rings is 1. The fourth-order valence-electron chi connectivity index (χ4n) is 5.15. The number of hydrogen-bond donors (Lipinski definition) is 1. The molecule has 1 N–H and O–H groups in total. The number of carbonyl (C=O) groups is 2. The van der Waals surface area contributed by atoms with Gasteiger partial charge in [0, 0.05) is 82.5 Å². The monoisotopic (exact) mass is 452 g/mol. The minimum atomic E-state index is -0.206. The van der Waals surface area contributed by atoms with Gasteiger partial charge in [0.05, 0.1) is 13.2 Å². The zero-order chi connectivity index (χ0) is 22.9. The van der Waals surface area contributed by atoms with Crippen molar-refractivity contribution in [2.45, 2.75) is 20.4 Å². The van der Waals surface area contributed by atoms with Gasteiger partial charge in [-0.05, 0) is 24.1 Å². The van der Waals surface area contributed by atoms with Crippen molar-refractivity contribution in [2.24, 2.45) is 11.8 Å². The minimum absolute atomic E-state index is 0.159. The Morgan fingerprint density at radius 1 is 1.09 bits per heavy atom. The first-order chi connectivity index (χ1) is 16.0. The summed E-state index contributed by atoms with van der Waals surface area (Å²) in [7, 11) is 0. The Balaban J connectivity index is 1.20. The summed E-state index contributed by atoms with van der Waals surface area (Å²) in [6.07, 6.45) is 1.59. The van der Waals surface area contributed by atoms with Crippen LogP contribution in [-0.2, 0) is 16.1 Å². The summed E-state index contributed by atoms with van der Waals surface area (Å²) in [6, 6.07) is 8.26. The van der Waals surface area contributed by atoms with Gasteiger partial charge in [-0.1, -0.05) is 12.1 Å². The van der Waals surface area contributed by atoms with Crippen LogP contribution in [0, 0.1) is 18.8 Å². The lowest BCUT2D eigenvalue weighted by Gasteiger charge is -2.35. The second-order valence-corrected chi connectivity index (χ2v) is 9.47. The first-order valence-corrected chi connectivity index (χ1v) is 11.7. The second kappa shape index (κ2) is 9.15. The number of aryl methyl sites for hydroxylation is 1. The van der Waals surface area contributed by atoms with Crippen molar-refractivity contribution < 1.29 is 14.3 Å². The number of piperazine rings is 1. The van der Waals surface area contributed by atoms with Crippen molar-refractivity contribution in [3.8, 4) is 0 Å². The van der Waals surface area contributed by atoms with Gasteiger partial charge in [0.25, 0.3) is 0 Å². The molecular formula is C24H32N6O3. The maximum absolute atomic E-state index is 12.8. The third-order valence-electron chi connectivity index (χ3n) is 6.95. The number of fused-ring (bicyclic) bond motifs is 1. The number of carbonyl (C=O) groups excluding carboxylic acids is 2. The number of ether oxygens (including phenoxy) is 1. The van der Waals surface area contributed by atoms with E-state index < -0.39 is 0 Å². The van der Waals surface area contributed by atoms with Crippen molar-refractivity contribution in [3.63, 3.8) is 0 Å². The van der Waals surface area contributed by atoms with Crippen LogP contribution in [0.5, 0.6) is 0 Å². The van der Waals surface area contributed by atoms with Crippen molar-refractivity contribution >= 4 is 23.4 Å². The number of rotatable bonds is 4. The molecule has 0 bridgehead atoms. The quantitative estimate of drug-likeness (QED) is 0.764. The molecule has 3 aliphatic heterocycles. The lowest BCUT2D eigenvalue weighted by atomic mass is 10.0. The molecule has 33 heavy (non-hydrogen) atoms. The summed E-state index contributed by atoms with van der Waals surface area (Å²) in [5.74, 6) is 1.49. The molecule has 3 saturated heterocycles. The van der Waals surface area contributed by atoms with Gasteiger partial charge in [0.1, 0.15) is 0 Å². The molecule has 3 fully saturated rings. The molecule has 9 nitrogen and oxygen atoms in total. The molecule has 1 aromatic carbocycles. The van der Waals surface area contributed by atoms with Crippen LogP contribution < -0.4 is 10.2 Å². The summed E-state index contributed by atoms with van der Waals surface area (Å²) in [5.41, 5.74) is 3.99. The van der Waals surface area contributed by atoms with Gasteiger partial charge >= 0.3 is 6.03 Å². The zero-order valence-electron chi connectivity index (χ0n) is 19.4. The Kier molecular flexibility index (Phi) is 6.07. The Morgan fingerprint density at radius 3 is 2.52 bits per heavy atom. The average Bonchev–Trinajstić information content (AvgIpc) is 3.51. The molecule has 3 aliphatic rings. The number of aromatic nitrogens is 2. The summed E-state index contributed by atoms with van der Waals surface area (Å²) in [5, 5.41) is 6.77. The SMILES string of the molecule is CC(=O)Nc1ccn(C(=O)N2CCN(Cc3ccc(C)cc3N3CC4COCC4C3)CC2)n1. The third kappa shape index (κ3) is 4.74. The van der Waals surface area contributed by atoms with Crippen LogP contribution in [0.4, 0.5) is 16.3 Å². The van der Waals surface area contributed by atoms with E-state index in [1.807, 2.05) is 4.90 Å². The maximum atomic E-state index is 12.8. The molecule has 176 valence electrons. The van der Waals surface area contributed by atoms with Crippen LogP contribution in [0.3, 0.4) is 0 Å². The predicted octanol–water partition coefficient (Wildman–Crippen LogP) is 2.02. The molecule has 4 heterocycles. The molecule has 2 unspecified atom stereocenters. The van der Waals surface area contributed by atoms with Gasteiger partial charge in [0.2, 0.25) is 5.91 Å². The van der Waals surface area contributed by atoms with Gasteiger partial charge in [-0.15, -0.1) is 5.10 Å². The number of anilines is 2. The molecule has 5 rings (SSSR count). The van der Waals surface area contributed by atoms with Crippen LogP contribution in [0.25, 0.3) is 0 Å². The highest BCUT2D eigenvalue weighted by Gasteiger charge is 2.38. The predicted molar refractivity (Wildman–Crippen MR) is 125 cm³/mol. The Labute approximate surface area is 194 Å². The molecule has 2 atom stereocenters. The topological polar surface area (TPSA) is 82.9 Å². The highest BCUT2D eigenvalue weighted by molar-refractivity contribution is 5.88. The largest absolute Gasteiger partial charge is 0.381 e. The molecular weight excluding hydrogens is 420 g/mol. The lowest BCUT2D eigenvalue weighted by Crippen LogP contribution is -2.49. The molecule has 9 heteroatoms. The van der Waals surface area contributed by atoms with Gasteiger partial charge in [-0.25, -0.2) is 4.79 Å². The van der Waals surface area contributed by atoms with Crippen molar-refractivity contribution in [1.29, 1.82) is 0 Å². The first kappa shape index (κ1) is 21.9. The van der Waals surface area contributed by atoms with E-state index >= 15 is 0 Å². The van der Waals surface area contributed by atoms with Crippen LogP contribution in [0.1, 0.15) is 18.1 Å². The van der Waals surface area contributed by atoms with E-state index in [4.69, 9.17) is 4.74 Å². The fourth-order valence-corrected chi connectivity index (χ4v) is 5.15. The van der Waals surface area contributed by atoms with Crippen LogP contribution in [0.15, 0.2) is 30.5 Å². The van der Waals surface area contributed by atoms with Gasteiger partial charge < -0.3 is 19.9 Å². The highest BCUT2D eigenvalue weighted by atomic mass is 16.5. The van der Waals surface area contributed by atoms with Crippen LogP contribution >= 0.6 is 0 Å². The van der Waals surface area contributed by atoms with Crippen molar-refractivity contribution in [3.05, 3.63) is 41.6 Å². The molecule has 0 aliphatic carbocycles. The number of hydrogen-bond acceptors (Lipinski definition) is 6. The number of nitrogens with one attached hydrogen (secondary N) is 1. The average molecular weight is 453 g/mol. The maximum Gasteiger partial charge on any atom is 0.344 e. The van der Waals surface area contributed by atoms with Gasteiger partial charge in [-0.3, -0.25) is 9.69 Å². The van der Waals surface area contributed by atoms with E-state index in [1.165, 1.54) is 28.4 Å². The number of amides is 2. The molecule has 2 aromatic rings. The number of nitrogens with zero attached hydrogens (tertiary/aromatic N) is 5. The summed E-state index contributed by atoms with van der Waals surface area (Å²) >= 11 is 0. The molecule has 0 radical (unpaired) electrons. The first-order valence-electron chi connectivity index (χ1n) is 11.7. The molecule has 0 spiro atoms. The molecule has 2 amide bonds. The minimum Gasteiger partial charge on any atom is -0.381 e. The van der Waals surface area contributed by atoms with E-state index in [9.17, 15) is 9.59 Å². The van der Waals surface area contributed by atoms with E-state index in [2.05, 4.69) is 45.3 Å². The summed E-state index contributed by atoms with van der Waals surface area (Å²) in [4.78, 5) is 30.8. The Bertz CT molecular complexity index is 1020. The zero-order valence-corrected chi connectivity index (χ0v) is 19.4. The smallest absolute Gasteiger partial charge is 0.344 e. The third-order valence-corrected chi connectivity index (χ3v) is 6.95. The Hall–Kier alpha value is -2.91. The van der Waals surface area contributed by atoms with E-state index in [1.54, 1.807) is 12.3 Å². The van der Waals surface area contributed by atoms with E-state index in [0.717, 1.165) is 45.9 Å². The van der Waals surface area contributed by atoms with E-state index in [0.29, 0.717) is 30.7 Å². The summed E-state index contributed by atoms with van der Waals surface area (Å²) in [6.45, 7) is 11.3.